The molecule has 2 unspecified atom stereocenters. The molecule has 2 atom stereocenters. The van der Waals surface area contributed by atoms with E-state index in [0.29, 0.717) is 0 Å². The normalized spacial score (nSPS) is 29.9. The SMILES string of the molecule is c1cc2c(c(N3CC4CCCC4C3)c1)NCCC2. The molecule has 2 aliphatic heterocycles. The lowest BCUT2D eigenvalue weighted by Gasteiger charge is -2.27. The fraction of sp³-hybridized carbons (Fsp3) is 0.625. The van der Waals surface area contributed by atoms with Crippen LogP contribution in [0.2, 0.25) is 0 Å². The maximum absolute atomic E-state index is 3.63. The van der Waals surface area contributed by atoms with Crippen LogP contribution in [0.4, 0.5) is 11.4 Å². The predicted molar refractivity (Wildman–Crippen MR) is 76.3 cm³/mol. The van der Waals surface area contributed by atoms with Gasteiger partial charge in [-0.2, -0.15) is 0 Å². The summed E-state index contributed by atoms with van der Waals surface area (Å²) in [6.45, 7) is 3.73. The van der Waals surface area contributed by atoms with E-state index < -0.39 is 0 Å². The number of nitrogens with zero attached hydrogens (tertiary/aromatic N) is 1. The summed E-state index contributed by atoms with van der Waals surface area (Å²) in [6, 6.07) is 6.86. The Hall–Kier alpha value is -1.18. The van der Waals surface area contributed by atoms with Crippen molar-refractivity contribution in [1.82, 2.24) is 0 Å². The van der Waals surface area contributed by atoms with Gasteiger partial charge in [0.05, 0.1) is 11.4 Å². The average Bonchev–Trinajstić information content (AvgIpc) is 2.99. The van der Waals surface area contributed by atoms with Crippen LogP contribution in [-0.2, 0) is 6.42 Å². The highest BCUT2D eigenvalue weighted by molar-refractivity contribution is 5.75. The van der Waals surface area contributed by atoms with Gasteiger partial charge in [-0.15, -0.1) is 0 Å². The van der Waals surface area contributed by atoms with E-state index in [4.69, 9.17) is 0 Å². The van der Waals surface area contributed by atoms with Crippen LogP contribution in [0.25, 0.3) is 0 Å². The molecule has 1 N–H and O–H groups in total. The first-order chi connectivity index (χ1) is 8.92. The van der Waals surface area contributed by atoms with E-state index in [0.717, 1.165) is 18.4 Å². The highest BCUT2D eigenvalue weighted by Crippen LogP contribution is 2.42. The minimum Gasteiger partial charge on any atom is -0.383 e. The van der Waals surface area contributed by atoms with Gasteiger partial charge in [-0.1, -0.05) is 18.6 Å². The molecule has 0 amide bonds. The van der Waals surface area contributed by atoms with Gasteiger partial charge >= 0.3 is 0 Å². The second kappa shape index (κ2) is 4.18. The molecule has 2 heteroatoms. The van der Waals surface area contributed by atoms with Crippen LogP contribution in [-0.4, -0.2) is 19.6 Å². The largest absolute Gasteiger partial charge is 0.383 e. The van der Waals surface area contributed by atoms with Crippen LogP contribution in [0.5, 0.6) is 0 Å². The van der Waals surface area contributed by atoms with Gasteiger partial charge in [0.2, 0.25) is 0 Å². The summed E-state index contributed by atoms with van der Waals surface area (Å²) < 4.78 is 0. The van der Waals surface area contributed by atoms with Gasteiger partial charge in [0.1, 0.15) is 0 Å². The van der Waals surface area contributed by atoms with E-state index in [1.165, 1.54) is 62.1 Å². The molecule has 2 fully saturated rings. The fourth-order valence-corrected chi connectivity index (χ4v) is 4.19. The molecule has 1 aromatic carbocycles. The van der Waals surface area contributed by atoms with Crippen molar-refractivity contribution in [3.63, 3.8) is 0 Å². The smallest absolute Gasteiger partial charge is 0.0610 e. The van der Waals surface area contributed by atoms with Crippen molar-refractivity contribution in [1.29, 1.82) is 0 Å². The Morgan fingerprint density at radius 2 is 1.89 bits per heavy atom. The maximum atomic E-state index is 3.63. The zero-order valence-corrected chi connectivity index (χ0v) is 11.0. The molecule has 3 aliphatic rings. The molecular formula is C16H22N2. The minimum absolute atomic E-state index is 0.976. The molecule has 0 aromatic heterocycles. The molecule has 4 rings (SSSR count). The number of benzene rings is 1. The van der Waals surface area contributed by atoms with Crippen molar-refractivity contribution in [3.05, 3.63) is 23.8 Å². The lowest BCUT2D eigenvalue weighted by molar-refractivity contribution is 0.494. The van der Waals surface area contributed by atoms with Crippen LogP contribution < -0.4 is 10.2 Å². The Morgan fingerprint density at radius 1 is 1.06 bits per heavy atom. The Labute approximate surface area is 109 Å². The summed E-state index contributed by atoms with van der Waals surface area (Å²) in [4.78, 5) is 2.64. The van der Waals surface area contributed by atoms with Crippen molar-refractivity contribution in [2.75, 3.05) is 29.9 Å². The molecule has 0 bridgehead atoms. The first kappa shape index (κ1) is 10.7. The van der Waals surface area contributed by atoms with E-state index in [2.05, 4.69) is 28.4 Å². The zero-order valence-electron chi connectivity index (χ0n) is 11.0. The first-order valence-electron chi connectivity index (χ1n) is 7.52. The van der Waals surface area contributed by atoms with Crippen LogP contribution in [0.3, 0.4) is 0 Å². The van der Waals surface area contributed by atoms with Crippen LogP contribution in [0, 0.1) is 11.8 Å². The summed E-state index contributed by atoms with van der Waals surface area (Å²) in [7, 11) is 0. The third kappa shape index (κ3) is 1.62. The Balaban J connectivity index is 1.65. The number of para-hydroxylation sites is 1. The van der Waals surface area contributed by atoms with E-state index >= 15 is 0 Å². The summed E-state index contributed by atoms with van der Waals surface area (Å²) in [5, 5.41) is 3.63. The second-order valence-electron chi connectivity index (χ2n) is 6.20. The summed E-state index contributed by atoms with van der Waals surface area (Å²) in [5.41, 5.74) is 4.43. The Kier molecular flexibility index (Phi) is 2.49. The standard InChI is InChI=1S/C16H22N2/c1-5-13-10-18(11-14(13)6-1)15-8-2-4-12-7-3-9-17-16(12)15/h2,4,8,13-14,17H,1,3,5-7,9-11H2. The van der Waals surface area contributed by atoms with E-state index in [9.17, 15) is 0 Å². The summed E-state index contributed by atoms with van der Waals surface area (Å²) >= 11 is 0. The highest BCUT2D eigenvalue weighted by Gasteiger charge is 2.36. The number of hydrogen-bond donors (Lipinski definition) is 1. The topological polar surface area (TPSA) is 15.3 Å². The Bertz CT molecular complexity index is 442. The number of rotatable bonds is 1. The van der Waals surface area contributed by atoms with Gasteiger partial charge in [0, 0.05) is 19.6 Å². The molecule has 2 heterocycles. The average molecular weight is 242 g/mol. The molecule has 96 valence electrons. The lowest BCUT2D eigenvalue weighted by atomic mass is 10.0. The maximum Gasteiger partial charge on any atom is 0.0610 e. The van der Waals surface area contributed by atoms with Crippen molar-refractivity contribution < 1.29 is 0 Å². The quantitative estimate of drug-likeness (QED) is 0.813. The molecule has 0 spiro atoms. The first-order valence-corrected chi connectivity index (χ1v) is 7.52. The number of hydrogen-bond acceptors (Lipinski definition) is 2. The van der Waals surface area contributed by atoms with Gasteiger partial charge in [-0.25, -0.2) is 0 Å². The van der Waals surface area contributed by atoms with Crippen molar-refractivity contribution in [2.45, 2.75) is 32.1 Å². The second-order valence-corrected chi connectivity index (χ2v) is 6.20. The molecule has 1 aliphatic carbocycles. The van der Waals surface area contributed by atoms with Crippen LogP contribution in [0.1, 0.15) is 31.2 Å². The third-order valence-corrected chi connectivity index (χ3v) is 5.12. The van der Waals surface area contributed by atoms with Crippen LogP contribution >= 0.6 is 0 Å². The zero-order chi connectivity index (χ0) is 11.9. The molecule has 1 saturated carbocycles. The van der Waals surface area contributed by atoms with Crippen molar-refractivity contribution in [3.8, 4) is 0 Å². The number of nitrogens with one attached hydrogen (secondary N) is 1. The van der Waals surface area contributed by atoms with Gasteiger partial charge in [-0.05, 0) is 49.1 Å². The van der Waals surface area contributed by atoms with Gasteiger partial charge in [0.25, 0.3) is 0 Å². The highest BCUT2D eigenvalue weighted by atomic mass is 15.2. The molecule has 1 aromatic rings. The predicted octanol–water partition coefficient (Wildman–Crippen LogP) is 3.28. The van der Waals surface area contributed by atoms with E-state index in [1.54, 1.807) is 0 Å². The van der Waals surface area contributed by atoms with Gasteiger partial charge in [0.15, 0.2) is 0 Å². The summed E-state index contributed by atoms with van der Waals surface area (Å²) in [5.74, 6) is 1.95. The van der Waals surface area contributed by atoms with E-state index in [1.807, 2.05) is 0 Å². The summed E-state index contributed by atoms with van der Waals surface area (Å²) in [6.07, 6.45) is 6.92. The van der Waals surface area contributed by atoms with Gasteiger partial charge in [-0.3, -0.25) is 0 Å². The molecular weight excluding hydrogens is 220 g/mol. The van der Waals surface area contributed by atoms with Gasteiger partial charge < -0.3 is 10.2 Å². The number of fused-ring (bicyclic) bond motifs is 2. The lowest BCUT2D eigenvalue weighted by Crippen LogP contribution is -2.24. The minimum atomic E-state index is 0.976. The fourth-order valence-electron chi connectivity index (χ4n) is 4.19. The molecule has 1 saturated heterocycles. The van der Waals surface area contributed by atoms with Crippen molar-refractivity contribution >= 4 is 11.4 Å². The molecule has 2 nitrogen and oxygen atoms in total. The van der Waals surface area contributed by atoms with E-state index in [-0.39, 0.29) is 0 Å². The third-order valence-electron chi connectivity index (χ3n) is 5.12. The van der Waals surface area contributed by atoms with Crippen molar-refractivity contribution in [2.24, 2.45) is 11.8 Å². The molecule has 18 heavy (non-hydrogen) atoms. The number of anilines is 2. The van der Waals surface area contributed by atoms with Crippen LogP contribution in [0.15, 0.2) is 18.2 Å². The number of aryl methyl sites for hydroxylation is 1. The molecule has 0 radical (unpaired) electrons. The monoisotopic (exact) mass is 242 g/mol. The Morgan fingerprint density at radius 3 is 2.72 bits per heavy atom.